The monoisotopic (exact) mass is 282 g/mol. The third-order valence-corrected chi connectivity index (χ3v) is 2.91. The number of benzene rings is 1. The van der Waals surface area contributed by atoms with Gasteiger partial charge in [-0.25, -0.2) is 0 Å². The summed E-state index contributed by atoms with van der Waals surface area (Å²) >= 11 is 5.42. The summed E-state index contributed by atoms with van der Waals surface area (Å²) in [5.74, 6) is 0.121. The predicted molar refractivity (Wildman–Crippen MR) is 62.5 cm³/mol. The highest BCUT2D eigenvalue weighted by Crippen LogP contribution is 2.33. The molecule has 2 N–H and O–H groups in total. The van der Waals surface area contributed by atoms with Gasteiger partial charge >= 0.3 is 6.18 Å². The van der Waals surface area contributed by atoms with Gasteiger partial charge in [-0.1, -0.05) is 6.07 Å². The van der Waals surface area contributed by atoms with Crippen LogP contribution in [0.3, 0.4) is 0 Å². The average Bonchev–Trinajstić information content (AvgIpc) is 2.27. The second-order valence-corrected chi connectivity index (χ2v) is 4.44. The molecule has 1 aromatic carbocycles. The van der Waals surface area contributed by atoms with Crippen LogP contribution in [0.2, 0.25) is 0 Å². The molecule has 0 aliphatic carbocycles. The number of halogens is 4. The molecule has 0 amide bonds. The second kappa shape index (κ2) is 5.91. The number of aliphatic hydroxyl groups is 2. The molecule has 0 bridgehead atoms. The van der Waals surface area contributed by atoms with E-state index in [1.165, 1.54) is 6.07 Å². The zero-order valence-electron chi connectivity index (χ0n) is 9.71. The molecule has 1 aromatic rings. The normalized spacial score (nSPS) is 15.5. The van der Waals surface area contributed by atoms with Gasteiger partial charge < -0.3 is 10.2 Å². The third-order valence-electron chi connectivity index (χ3n) is 2.69. The Morgan fingerprint density at radius 3 is 2.39 bits per heavy atom. The Balaban J connectivity index is 3.08. The van der Waals surface area contributed by atoms with E-state index in [0.717, 1.165) is 12.1 Å². The Morgan fingerprint density at radius 2 is 1.89 bits per heavy atom. The number of hydrogen-bond acceptors (Lipinski definition) is 2. The average molecular weight is 283 g/mol. The van der Waals surface area contributed by atoms with Gasteiger partial charge in [0.2, 0.25) is 0 Å². The van der Waals surface area contributed by atoms with E-state index in [-0.39, 0.29) is 17.9 Å². The molecule has 0 aromatic heterocycles. The summed E-state index contributed by atoms with van der Waals surface area (Å²) in [7, 11) is 0. The van der Waals surface area contributed by atoms with Gasteiger partial charge in [0.05, 0.1) is 11.7 Å². The molecule has 0 aliphatic heterocycles. The Labute approximate surface area is 108 Å². The highest BCUT2D eigenvalue weighted by Gasteiger charge is 2.32. The van der Waals surface area contributed by atoms with Crippen LogP contribution >= 0.6 is 11.6 Å². The highest BCUT2D eigenvalue weighted by atomic mass is 35.5. The summed E-state index contributed by atoms with van der Waals surface area (Å²) in [4.78, 5) is 0. The van der Waals surface area contributed by atoms with Gasteiger partial charge in [-0.15, -0.1) is 11.6 Å². The van der Waals surface area contributed by atoms with Crippen molar-refractivity contribution in [3.63, 3.8) is 0 Å². The van der Waals surface area contributed by atoms with Gasteiger partial charge in [0.15, 0.2) is 0 Å². The molecule has 2 nitrogen and oxygen atoms in total. The van der Waals surface area contributed by atoms with E-state index in [9.17, 15) is 23.4 Å². The van der Waals surface area contributed by atoms with E-state index < -0.39 is 23.9 Å². The molecule has 1 rings (SSSR count). The van der Waals surface area contributed by atoms with Gasteiger partial charge in [0.25, 0.3) is 0 Å². The summed E-state index contributed by atoms with van der Waals surface area (Å²) in [6.07, 6.45) is -6.91. The fraction of sp³-hybridized carbons (Fsp3) is 0.500. The first kappa shape index (κ1) is 15.3. The van der Waals surface area contributed by atoms with Crippen molar-refractivity contribution in [2.45, 2.75) is 31.7 Å². The summed E-state index contributed by atoms with van der Waals surface area (Å²) < 4.78 is 37.6. The lowest BCUT2D eigenvalue weighted by Crippen LogP contribution is -2.20. The Bertz CT molecular complexity index is 407. The molecule has 0 fully saturated rings. The van der Waals surface area contributed by atoms with Crippen molar-refractivity contribution < 1.29 is 23.4 Å². The molecule has 0 heterocycles. The first-order chi connectivity index (χ1) is 8.27. The highest BCUT2D eigenvalue weighted by molar-refractivity contribution is 6.17. The zero-order chi connectivity index (χ0) is 13.9. The van der Waals surface area contributed by atoms with E-state index in [0.29, 0.717) is 5.56 Å². The summed E-state index contributed by atoms with van der Waals surface area (Å²) in [5, 5.41) is 19.4. The van der Waals surface area contributed by atoms with Gasteiger partial charge in [-0.3, -0.25) is 0 Å². The van der Waals surface area contributed by atoms with Gasteiger partial charge in [-0.2, -0.15) is 13.2 Å². The lowest BCUT2D eigenvalue weighted by Gasteiger charge is -2.20. The third kappa shape index (κ3) is 3.60. The second-order valence-electron chi connectivity index (χ2n) is 4.06. The van der Waals surface area contributed by atoms with Crippen LogP contribution < -0.4 is 0 Å². The van der Waals surface area contributed by atoms with Crippen LogP contribution in [0.1, 0.15) is 29.2 Å². The smallest absolute Gasteiger partial charge is 0.390 e. The topological polar surface area (TPSA) is 40.5 Å². The minimum absolute atomic E-state index is 0.0717. The van der Waals surface area contributed by atoms with Crippen LogP contribution in [-0.4, -0.2) is 22.2 Å². The Hall–Kier alpha value is -0.780. The quantitative estimate of drug-likeness (QED) is 0.834. The van der Waals surface area contributed by atoms with E-state index in [1.54, 1.807) is 6.92 Å². The molecular formula is C12H14ClF3O2. The van der Waals surface area contributed by atoms with Gasteiger partial charge in [0.1, 0.15) is 6.10 Å². The number of alkyl halides is 4. The number of aliphatic hydroxyl groups excluding tert-OH is 2. The zero-order valence-corrected chi connectivity index (χ0v) is 10.5. The summed E-state index contributed by atoms with van der Waals surface area (Å²) in [6, 6.07) is 3.08. The maximum Gasteiger partial charge on any atom is 0.416 e. The molecule has 0 spiro atoms. The fourth-order valence-electron chi connectivity index (χ4n) is 1.61. The van der Waals surface area contributed by atoms with Crippen molar-refractivity contribution in [3.05, 3.63) is 34.9 Å². The van der Waals surface area contributed by atoms with Crippen LogP contribution in [-0.2, 0) is 6.18 Å². The maximum atomic E-state index is 12.5. The minimum Gasteiger partial charge on any atom is -0.390 e. The SMILES string of the molecule is Cc1ccc(C(F)(F)F)cc1C(O)C(O)CCCl. The van der Waals surface area contributed by atoms with Crippen LogP contribution in [0, 0.1) is 6.92 Å². The molecule has 0 saturated heterocycles. The molecule has 0 radical (unpaired) electrons. The predicted octanol–water partition coefficient (Wildman–Crippen LogP) is 3.04. The van der Waals surface area contributed by atoms with Crippen molar-refractivity contribution in [3.8, 4) is 0 Å². The maximum absolute atomic E-state index is 12.5. The van der Waals surface area contributed by atoms with Gasteiger partial charge in [0, 0.05) is 5.88 Å². The standard InChI is InChI=1S/C12H14ClF3O2/c1-7-2-3-8(12(14,15)16)6-9(7)11(18)10(17)4-5-13/h2-3,6,10-11,17-18H,4-5H2,1H3. The van der Waals surface area contributed by atoms with E-state index >= 15 is 0 Å². The molecule has 0 aliphatic rings. The van der Waals surface area contributed by atoms with Crippen molar-refractivity contribution in [1.82, 2.24) is 0 Å². The van der Waals surface area contributed by atoms with Crippen LogP contribution in [0.5, 0.6) is 0 Å². The molecule has 2 atom stereocenters. The fourth-order valence-corrected chi connectivity index (χ4v) is 1.84. The Kier molecular flexibility index (Phi) is 5.01. The molecular weight excluding hydrogens is 269 g/mol. The first-order valence-electron chi connectivity index (χ1n) is 5.37. The van der Waals surface area contributed by atoms with Crippen LogP contribution in [0.25, 0.3) is 0 Å². The molecule has 102 valence electrons. The molecule has 18 heavy (non-hydrogen) atoms. The van der Waals surface area contributed by atoms with Crippen molar-refractivity contribution in [1.29, 1.82) is 0 Å². The first-order valence-corrected chi connectivity index (χ1v) is 5.90. The minimum atomic E-state index is -4.47. The summed E-state index contributed by atoms with van der Waals surface area (Å²) in [6.45, 7) is 1.58. The molecule has 6 heteroatoms. The lowest BCUT2D eigenvalue weighted by molar-refractivity contribution is -0.137. The van der Waals surface area contributed by atoms with Crippen molar-refractivity contribution in [2.75, 3.05) is 5.88 Å². The largest absolute Gasteiger partial charge is 0.416 e. The van der Waals surface area contributed by atoms with Crippen molar-refractivity contribution >= 4 is 11.6 Å². The van der Waals surface area contributed by atoms with E-state index in [1.807, 2.05) is 0 Å². The molecule has 2 unspecified atom stereocenters. The van der Waals surface area contributed by atoms with Crippen molar-refractivity contribution in [2.24, 2.45) is 0 Å². The van der Waals surface area contributed by atoms with Gasteiger partial charge in [-0.05, 0) is 36.6 Å². The van der Waals surface area contributed by atoms with Crippen LogP contribution in [0.4, 0.5) is 13.2 Å². The number of rotatable bonds is 4. The molecule has 0 saturated carbocycles. The van der Waals surface area contributed by atoms with E-state index in [4.69, 9.17) is 11.6 Å². The lowest BCUT2D eigenvalue weighted by atomic mass is 9.96. The number of aryl methyl sites for hydroxylation is 1. The summed E-state index contributed by atoms with van der Waals surface area (Å²) in [5.41, 5.74) is -0.285. The van der Waals surface area contributed by atoms with Crippen LogP contribution in [0.15, 0.2) is 18.2 Å². The Morgan fingerprint density at radius 1 is 1.28 bits per heavy atom. The van der Waals surface area contributed by atoms with E-state index in [2.05, 4.69) is 0 Å². The number of hydrogen-bond donors (Lipinski definition) is 2.